The van der Waals surface area contributed by atoms with Crippen LogP contribution in [0.2, 0.25) is 0 Å². The Morgan fingerprint density at radius 3 is 2.70 bits per heavy atom. The number of ether oxygens (including phenoxy) is 1. The van der Waals surface area contributed by atoms with Crippen LogP contribution < -0.4 is 4.74 Å². The lowest BCUT2D eigenvalue weighted by molar-refractivity contribution is 0.318. The van der Waals surface area contributed by atoms with Crippen LogP contribution in [0.3, 0.4) is 0 Å². The molecule has 2 rings (SSSR count). The van der Waals surface area contributed by atoms with Crippen LogP contribution in [0.15, 0.2) is 54.6 Å². The molecule has 0 spiro atoms. The molecule has 2 aromatic rings. The van der Waals surface area contributed by atoms with E-state index >= 15 is 0 Å². The Morgan fingerprint density at radius 2 is 1.90 bits per heavy atom. The van der Waals surface area contributed by atoms with E-state index in [-0.39, 0.29) is 0 Å². The second-order valence-corrected chi connectivity index (χ2v) is 5.49. The molecular weight excluding hydrogens is 266 g/mol. The fourth-order valence-electron chi connectivity index (χ4n) is 1.77. The predicted molar refractivity (Wildman–Crippen MR) is 83.9 cm³/mol. The maximum atomic E-state index is 8.80. The summed E-state index contributed by atoms with van der Waals surface area (Å²) >= 11 is 1.92. The van der Waals surface area contributed by atoms with Crippen LogP contribution in [-0.4, -0.2) is 12.4 Å². The van der Waals surface area contributed by atoms with Crippen molar-refractivity contribution in [2.24, 2.45) is 0 Å². The number of nitrogens with zero attached hydrogens (tertiary/aromatic N) is 1. The minimum atomic E-state index is 0.640. The molecule has 0 aliphatic carbocycles. The zero-order valence-corrected chi connectivity index (χ0v) is 12.1. The molecule has 0 unspecified atom stereocenters. The van der Waals surface area contributed by atoms with E-state index in [1.54, 1.807) is 12.1 Å². The van der Waals surface area contributed by atoms with Crippen molar-refractivity contribution in [3.8, 4) is 11.8 Å². The van der Waals surface area contributed by atoms with Gasteiger partial charge in [0.05, 0.1) is 18.2 Å². The highest BCUT2D eigenvalue weighted by Crippen LogP contribution is 2.15. The number of rotatable bonds is 7. The third kappa shape index (κ3) is 4.99. The van der Waals surface area contributed by atoms with E-state index < -0.39 is 0 Å². The summed E-state index contributed by atoms with van der Waals surface area (Å²) < 4.78 is 5.64. The van der Waals surface area contributed by atoms with Gasteiger partial charge in [0.1, 0.15) is 5.75 Å². The van der Waals surface area contributed by atoms with Gasteiger partial charge in [0.2, 0.25) is 0 Å². The molecule has 0 heterocycles. The van der Waals surface area contributed by atoms with Gasteiger partial charge in [0.25, 0.3) is 0 Å². The van der Waals surface area contributed by atoms with Crippen LogP contribution in [0.4, 0.5) is 0 Å². The number of hydrogen-bond donors (Lipinski definition) is 0. The van der Waals surface area contributed by atoms with Crippen molar-refractivity contribution in [2.75, 3.05) is 12.4 Å². The molecule has 2 nitrogen and oxygen atoms in total. The lowest BCUT2D eigenvalue weighted by Gasteiger charge is -2.06. The minimum Gasteiger partial charge on any atom is -0.494 e. The van der Waals surface area contributed by atoms with Crippen molar-refractivity contribution in [1.82, 2.24) is 0 Å². The van der Waals surface area contributed by atoms with Crippen LogP contribution in [0, 0.1) is 11.3 Å². The summed E-state index contributed by atoms with van der Waals surface area (Å²) in [5, 5.41) is 8.80. The zero-order valence-electron chi connectivity index (χ0n) is 11.3. The SMILES string of the molecule is N#Cc1cccc(OCCCSCc2ccccc2)c1. The molecule has 102 valence electrons. The van der Waals surface area contributed by atoms with E-state index in [1.165, 1.54) is 5.56 Å². The first-order valence-electron chi connectivity index (χ1n) is 6.63. The van der Waals surface area contributed by atoms with Crippen molar-refractivity contribution >= 4 is 11.8 Å². The highest BCUT2D eigenvalue weighted by molar-refractivity contribution is 7.98. The quantitative estimate of drug-likeness (QED) is 0.712. The molecular formula is C17H17NOS. The monoisotopic (exact) mass is 283 g/mol. The molecule has 0 amide bonds. The van der Waals surface area contributed by atoms with Crippen LogP contribution in [0.1, 0.15) is 17.5 Å². The third-order valence-corrected chi connectivity index (χ3v) is 3.89. The third-order valence-electron chi connectivity index (χ3n) is 2.78. The lowest BCUT2D eigenvalue weighted by Crippen LogP contribution is -1.99. The highest BCUT2D eigenvalue weighted by Gasteiger charge is 1.97. The second-order valence-electron chi connectivity index (χ2n) is 4.38. The van der Waals surface area contributed by atoms with Gasteiger partial charge in [0, 0.05) is 5.75 Å². The van der Waals surface area contributed by atoms with Crippen molar-refractivity contribution < 1.29 is 4.74 Å². The second kappa shape index (κ2) is 8.29. The molecule has 0 fully saturated rings. The van der Waals surface area contributed by atoms with Gasteiger partial charge in [0.15, 0.2) is 0 Å². The van der Waals surface area contributed by atoms with E-state index in [0.717, 1.165) is 23.7 Å². The van der Waals surface area contributed by atoms with E-state index in [2.05, 4.69) is 30.3 Å². The topological polar surface area (TPSA) is 33.0 Å². The molecule has 2 aromatic carbocycles. The van der Waals surface area contributed by atoms with Crippen LogP contribution in [0.5, 0.6) is 5.75 Å². The van der Waals surface area contributed by atoms with Crippen LogP contribution in [0.25, 0.3) is 0 Å². The highest BCUT2D eigenvalue weighted by atomic mass is 32.2. The van der Waals surface area contributed by atoms with Gasteiger partial charge in [-0.25, -0.2) is 0 Å². The maximum Gasteiger partial charge on any atom is 0.120 e. The number of thioether (sulfide) groups is 1. The van der Waals surface area contributed by atoms with Gasteiger partial charge >= 0.3 is 0 Å². The molecule has 0 aromatic heterocycles. The molecule has 3 heteroatoms. The molecule has 0 radical (unpaired) electrons. The smallest absolute Gasteiger partial charge is 0.120 e. The molecule has 0 aliphatic heterocycles. The first kappa shape index (κ1) is 14.5. The summed E-state index contributed by atoms with van der Waals surface area (Å²) in [5.41, 5.74) is 2.00. The number of nitriles is 1. The molecule has 20 heavy (non-hydrogen) atoms. The normalized spacial score (nSPS) is 9.95. The Bertz CT molecular complexity index is 563. The summed E-state index contributed by atoms with van der Waals surface area (Å²) in [4.78, 5) is 0. The Morgan fingerprint density at radius 1 is 1.05 bits per heavy atom. The van der Waals surface area contributed by atoms with Gasteiger partial charge in [-0.2, -0.15) is 17.0 Å². The van der Waals surface area contributed by atoms with E-state index in [4.69, 9.17) is 10.00 Å². The van der Waals surface area contributed by atoms with Crippen molar-refractivity contribution in [2.45, 2.75) is 12.2 Å². The predicted octanol–water partition coefficient (Wildman–Crippen LogP) is 4.26. The van der Waals surface area contributed by atoms with E-state index in [0.29, 0.717) is 12.2 Å². The zero-order chi connectivity index (χ0) is 14.0. The average molecular weight is 283 g/mol. The minimum absolute atomic E-state index is 0.640. The van der Waals surface area contributed by atoms with E-state index in [1.807, 2.05) is 30.0 Å². The summed E-state index contributed by atoms with van der Waals surface area (Å²) in [5.74, 6) is 2.90. The van der Waals surface area contributed by atoms with Crippen molar-refractivity contribution in [3.05, 3.63) is 65.7 Å². The lowest BCUT2D eigenvalue weighted by atomic mass is 10.2. The largest absolute Gasteiger partial charge is 0.494 e. The Balaban J connectivity index is 1.61. The molecule has 0 N–H and O–H groups in total. The summed E-state index contributed by atoms with van der Waals surface area (Å²) in [6, 6.07) is 19.9. The molecule has 0 aliphatic rings. The van der Waals surface area contributed by atoms with Crippen molar-refractivity contribution in [1.29, 1.82) is 5.26 Å². The van der Waals surface area contributed by atoms with Gasteiger partial charge in [-0.15, -0.1) is 0 Å². The summed E-state index contributed by atoms with van der Waals surface area (Å²) in [7, 11) is 0. The van der Waals surface area contributed by atoms with Gasteiger partial charge in [-0.1, -0.05) is 36.4 Å². The first-order valence-corrected chi connectivity index (χ1v) is 7.78. The maximum absolute atomic E-state index is 8.80. The summed E-state index contributed by atoms with van der Waals surface area (Å²) in [6.07, 6.45) is 1.01. The average Bonchev–Trinajstić information content (AvgIpc) is 2.52. The van der Waals surface area contributed by atoms with Gasteiger partial charge in [-0.05, 0) is 35.9 Å². The molecule has 0 saturated heterocycles. The Kier molecular flexibility index (Phi) is 6.01. The number of benzene rings is 2. The first-order chi connectivity index (χ1) is 9.88. The Hall–Kier alpha value is -1.92. The van der Waals surface area contributed by atoms with Crippen molar-refractivity contribution in [3.63, 3.8) is 0 Å². The molecule has 0 bridgehead atoms. The Labute approximate surface area is 124 Å². The van der Waals surface area contributed by atoms with Gasteiger partial charge in [-0.3, -0.25) is 0 Å². The standard InChI is InChI=1S/C17H17NOS/c18-13-16-8-4-9-17(12-16)19-10-5-11-20-14-15-6-2-1-3-7-15/h1-4,6-9,12H,5,10-11,14H2. The van der Waals surface area contributed by atoms with Gasteiger partial charge < -0.3 is 4.74 Å². The van der Waals surface area contributed by atoms with Crippen LogP contribution in [-0.2, 0) is 5.75 Å². The van der Waals surface area contributed by atoms with Crippen LogP contribution >= 0.6 is 11.8 Å². The number of hydrogen-bond acceptors (Lipinski definition) is 3. The van der Waals surface area contributed by atoms with E-state index in [9.17, 15) is 0 Å². The fraction of sp³-hybridized carbons (Fsp3) is 0.235. The molecule has 0 saturated carbocycles. The molecule has 0 atom stereocenters. The fourth-order valence-corrected chi connectivity index (χ4v) is 2.67. The summed E-state index contributed by atoms with van der Waals surface area (Å²) in [6.45, 7) is 0.691.